The SMILES string of the molecule is CC(C)S(=O)(=O)C=[N+]=[N-].NN. The second-order valence-electron chi connectivity index (χ2n) is 1.86. The molecule has 7 heteroatoms. The van der Waals surface area contributed by atoms with Crippen LogP contribution in [0, 0.1) is 0 Å². The number of hydrogen-bond acceptors (Lipinski definition) is 4. The van der Waals surface area contributed by atoms with Crippen LogP contribution in [0.4, 0.5) is 0 Å². The van der Waals surface area contributed by atoms with Crippen LogP contribution in [0.2, 0.25) is 0 Å². The van der Waals surface area contributed by atoms with Gasteiger partial charge in [-0.05, 0) is 13.8 Å². The van der Waals surface area contributed by atoms with Gasteiger partial charge in [-0.3, -0.25) is 11.7 Å². The third-order valence-corrected chi connectivity index (χ3v) is 2.55. The quantitative estimate of drug-likeness (QED) is 0.140. The van der Waals surface area contributed by atoms with Crippen molar-refractivity contribution in [3.63, 3.8) is 0 Å². The molecular weight excluding hydrogens is 168 g/mol. The predicted octanol–water partition coefficient (Wildman–Crippen LogP) is -1.11. The molecule has 0 spiro atoms. The molecule has 66 valence electrons. The lowest BCUT2D eigenvalue weighted by molar-refractivity contribution is 0.00749. The maximum atomic E-state index is 10.6. The van der Waals surface area contributed by atoms with E-state index >= 15 is 0 Å². The van der Waals surface area contributed by atoms with Crippen molar-refractivity contribution in [1.82, 2.24) is 0 Å². The summed E-state index contributed by atoms with van der Waals surface area (Å²) in [6.45, 7) is 3.02. The van der Waals surface area contributed by atoms with Crippen molar-refractivity contribution in [2.24, 2.45) is 11.7 Å². The summed E-state index contributed by atoms with van der Waals surface area (Å²) in [6, 6.07) is 0. The Morgan fingerprint density at radius 2 is 1.82 bits per heavy atom. The summed E-state index contributed by atoms with van der Waals surface area (Å²) in [4.78, 5) is 2.42. The molecule has 0 aliphatic rings. The lowest BCUT2D eigenvalue weighted by atomic mass is 10.6. The van der Waals surface area contributed by atoms with E-state index in [2.05, 4.69) is 16.5 Å². The van der Waals surface area contributed by atoms with Gasteiger partial charge in [0.1, 0.15) is 0 Å². The predicted molar refractivity (Wildman–Crippen MR) is 42.1 cm³/mol. The first kappa shape index (κ1) is 12.9. The third kappa shape index (κ3) is 5.68. The molecule has 0 atom stereocenters. The van der Waals surface area contributed by atoms with Gasteiger partial charge in [0, 0.05) is 0 Å². The number of hydrogen-bond donors (Lipinski definition) is 2. The lowest BCUT2D eigenvalue weighted by Crippen LogP contribution is -2.14. The molecule has 11 heavy (non-hydrogen) atoms. The molecule has 0 aromatic carbocycles. The highest BCUT2D eigenvalue weighted by Crippen LogP contribution is 1.94. The summed E-state index contributed by atoms with van der Waals surface area (Å²) >= 11 is 0. The molecule has 0 aromatic heterocycles. The molecule has 4 N–H and O–H groups in total. The van der Waals surface area contributed by atoms with E-state index in [1.54, 1.807) is 0 Å². The smallest absolute Gasteiger partial charge is 0.361 e. The molecule has 0 unspecified atom stereocenters. The molecule has 0 saturated heterocycles. The van der Waals surface area contributed by atoms with Crippen molar-refractivity contribution in [2.75, 3.05) is 0 Å². The molecule has 0 aliphatic carbocycles. The fraction of sp³-hybridized carbons (Fsp3) is 0.750. The molecule has 0 heterocycles. The number of hydrazine groups is 1. The van der Waals surface area contributed by atoms with Crippen molar-refractivity contribution in [1.29, 1.82) is 0 Å². The van der Waals surface area contributed by atoms with Gasteiger partial charge in [-0.2, -0.15) is 4.79 Å². The Bertz CT molecular complexity index is 226. The second-order valence-corrected chi connectivity index (χ2v) is 4.19. The molecule has 0 aromatic rings. The molecule has 0 rings (SSSR count). The molecular formula is C4H12N4O2S. The largest absolute Gasteiger partial charge is 0.370 e. The minimum absolute atomic E-state index is 0.520. The summed E-state index contributed by atoms with van der Waals surface area (Å²) in [5, 5.41) is -0.520. The Balaban J connectivity index is 0. The minimum atomic E-state index is -3.29. The van der Waals surface area contributed by atoms with Crippen LogP contribution in [0.5, 0.6) is 0 Å². The maximum absolute atomic E-state index is 10.6. The van der Waals surface area contributed by atoms with Crippen molar-refractivity contribution < 1.29 is 13.2 Å². The number of rotatable bonds is 2. The molecule has 0 radical (unpaired) electrons. The van der Waals surface area contributed by atoms with Gasteiger partial charge in [0.15, 0.2) is 0 Å². The lowest BCUT2D eigenvalue weighted by Gasteiger charge is -1.93. The Labute approximate surface area is 65.7 Å². The van der Waals surface area contributed by atoms with E-state index in [4.69, 9.17) is 5.53 Å². The standard InChI is InChI=1S/C4H8N2O2S.H4N2/c1-4(2)9(7,8)3-6-5;1-2/h3-4H,1-2H3;1-2H2. The van der Waals surface area contributed by atoms with Gasteiger partial charge in [-0.25, -0.2) is 8.42 Å². The summed E-state index contributed by atoms with van der Waals surface area (Å²) < 4.78 is 21.2. The Morgan fingerprint density at radius 1 is 1.45 bits per heavy atom. The van der Waals surface area contributed by atoms with Gasteiger partial charge in [0.25, 0.3) is 0 Å². The van der Waals surface area contributed by atoms with Gasteiger partial charge in [-0.15, -0.1) is 0 Å². The van der Waals surface area contributed by atoms with Crippen LogP contribution in [0.1, 0.15) is 13.8 Å². The van der Waals surface area contributed by atoms with E-state index in [0.717, 1.165) is 0 Å². The number of nitrogens with two attached hydrogens (primary N) is 2. The van der Waals surface area contributed by atoms with E-state index < -0.39 is 15.1 Å². The summed E-state index contributed by atoms with van der Waals surface area (Å²) in [5.74, 6) is 8.00. The molecule has 0 fully saturated rings. The van der Waals surface area contributed by atoms with Gasteiger partial charge < -0.3 is 5.53 Å². The Kier molecular flexibility index (Phi) is 7.02. The van der Waals surface area contributed by atoms with Crippen LogP contribution < -0.4 is 11.7 Å². The third-order valence-electron chi connectivity index (χ3n) is 0.851. The zero-order valence-corrected chi connectivity index (χ0v) is 7.25. The molecule has 0 amide bonds. The summed E-state index contributed by atoms with van der Waals surface area (Å²) in [5.41, 5.74) is 8.38. The molecule has 0 aliphatic heterocycles. The van der Waals surface area contributed by atoms with Crippen LogP contribution in [0.3, 0.4) is 0 Å². The van der Waals surface area contributed by atoms with Gasteiger partial charge in [-0.1, -0.05) is 0 Å². The molecule has 0 bridgehead atoms. The summed E-state index contributed by atoms with van der Waals surface area (Å²) in [6.07, 6.45) is 0. The fourth-order valence-corrected chi connectivity index (χ4v) is 0.562. The van der Waals surface area contributed by atoms with Crippen molar-refractivity contribution in [3.05, 3.63) is 5.53 Å². The second kappa shape index (κ2) is 5.99. The Hall–Kier alpha value is -0.750. The average molecular weight is 180 g/mol. The van der Waals surface area contributed by atoms with Gasteiger partial charge in [0.05, 0.1) is 5.25 Å². The highest BCUT2D eigenvalue weighted by atomic mass is 32.2. The first-order valence-corrected chi connectivity index (χ1v) is 4.36. The van der Waals surface area contributed by atoms with Crippen LogP contribution in [0.15, 0.2) is 0 Å². The minimum Gasteiger partial charge on any atom is -0.361 e. The van der Waals surface area contributed by atoms with Crippen LogP contribution in [0.25, 0.3) is 5.53 Å². The summed E-state index contributed by atoms with van der Waals surface area (Å²) in [7, 11) is -3.29. The Morgan fingerprint density at radius 3 is 1.91 bits per heavy atom. The zero-order chi connectivity index (χ0) is 9.49. The molecule has 6 nitrogen and oxygen atoms in total. The van der Waals surface area contributed by atoms with E-state index in [1.807, 2.05) is 0 Å². The molecule has 0 saturated carbocycles. The average Bonchev–Trinajstić information content (AvgIpc) is 1.92. The van der Waals surface area contributed by atoms with Crippen LogP contribution in [-0.2, 0) is 9.84 Å². The highest BCUT2D eigenvalue weighted by Gasteiger charge is 2.16. The first-order chi connectivity index (χ1) is 5.00. The van der Waals surface area contributed by atoms with Crippen molar-refractivity contribution >= 4 is 15.4 Å². The number of nitrogens with zero attached hydrogens (tertiary/aromatic N) is 2. The van der Waals surface area contributed by atoms with Crippen LogP contribution >= 0.6 is 0 Å². The van der Waals surface area contributed by atoms with E-state index in [-0.39, 0.29) is 0 Å². The van der Waals surface area contributed by atoms with Gasteiger partial charge >= 0.3 is 5.55 Å². The highest BCUT2D eigenvalue weighted by molar-refractivity contribution is 8.04. The zero-order valence-electron chi connectivity index (χ0n) is 6.43. The fourth-order valence-electron chi connectivity index (χ4n) is 0.187. The maximum Gasteiger partial charge on any atom is 0.370 e. The van der Waals surface area contributed by atoms with Crippen molar-refractivity contribution in [2.45, 2.75) is 19.1 Å². The van der Waals surface area contributed by atoms with E-state index in [0.29, 0.717) is 5.55 Å². The topological polar surface area (TPSA) is 123 Å². The first-order valence-electron chi connectivity index (χ1n) is 2.75. The van der Waals surface area contributed by atoms with E-state index in [1.165, 1.54) is 13.8 Å². The van der Waals surface area contributed by atoms with Gasteiger partial charge in [0.2, 0.25) is 9.84 Å². The normalized spacial score (nSPS) is 9.55. The monoisotopic (exact) mass is 180 g/mol. The number of sulfone groups is 1. The van der Waals surface area contributed by atoms with Crippen molar-refractivity contribution in [3.8, 4) is 0 Å². The van der Waals surface area contributed by atoms with Crippen LogP contribution in [-0.4, -0.2) is 24.0 Å². The van der Waals surface area contributed by atoms with E-state index in [9.17, 15) is 8.42 Å².